The molecular weight excluding hydrogens is 132 g/mol. The lowest BCUT2D eigenvalue weighted by Gasteiger charge is -1.86. The zero-order valence-corrected chi connectivity index (χ0v) is 5.13. The van der Waals surface area contributed by atoms with Crippen LogP contribution < -0.4 is 5.73 Å². The van der Waals surface area contributed by atoms with Gasteiger partial charge in [0.15, 0.2) is 0 Å². The second kappa shape index (κ2) is 2.34. The summed E-state index contributed by atoms with van der Waals surface area (Å²) in [5.41, 5.74) is 5.02. The molecule has 4 nitrogen and oxygen atoms in total. The fourth-order valence-electron chi connectivity index (χ4n) is 0.607. The van der Waals surface area contributed by atoms with Crippen LogP contribution in [-0.2, 0) is 4.79 Å². The van der Waals surface area contributed by atoms with E-state index >= 15 is 0 Å². The van der Waals surface area contributed by atoms with Crippen molar-refractivity contribution in [3.63, 3.8) is 0 Å². The van der Waals surface area contributed by atoms with Gasteiger partial charge in [-0.25, -0.2) is 0 Å². The Labute approximate surface area is 57.0 Å². The summed E-state index contributed by atoms with van der Waals surface area (Å²) in [6.45, 7) is 0. The maximum Gasteiger partial charge on any atom is 0.289 e. The Morgan fingerprint density at radius 3 is 2.60 bits per heavy atom. The second-order valence-corrected chi connectivity index (χ2v) is 1.79. The van der Waals surface area contributed by atoms with E-state index in [1.165, 1.54) is 12.3 Å². The molecule has 0 saturated heterocycles. The predicted octanol–water partition coefficient (Wildman–Crippen LogP) is -0.317. The predicted molar refractivity (Wildman–Crippen MR) is 34.3 cm³/mol. The average Bonchev–Trinajstić information content (AvgIpc) is 2.36. The largest absolute Gasteiger partial charge is 0.367 e. The third-order valence-corrected chi connectivity index (χ3v) is 1.08. The van der Waals surface area contributed by atoms with E-state index in [9.17, 15) is 9.59 Å². The quantitative estimate of drug-likeness (QED) is 0.434. The molecule has 0 fully saturated rings. The van der Waals surface area contributed by atoms with Crippen molar-refractivity contribution in [2.75, 3.05) is 0 Å². The highest BCUT2D eigenvalue weighted by atomic mass is 16.2. The van der Waals surface area contributed by atoms with Crippen LogP contribution in [0.4, 0.5) is 0 Å². The lowest BCUT2D eigenvalue weighted by Crippen LogP contribution is -2.22. The molecule has 1 amide bonds. The molecule has 1 rings (SSSR count). The molecule has 1 aromatic heterocycles. The second-order valence-electron chi connectivity index (χ2n) is 1.79. The van der Waals surface area contributed by atoms with Crippen LogP contribution >= 0.6 is 0 Å². The monoisotopic (exact) mass is 138 g/mol. The van der Waals surface area contributed by atoms with E-state index in [1.54, 1.807) is 6.20 Å². The number of aromatic nitrogens is 1. The lowest BCUT2D eigenvalue weighted by atomic mass is 10.2. The minimum Gasteiger partial charge on any atom is -0.367 e. The normalized spacial score (nSPS) is 9.20. The SMILES string of the molecule is NC(=O)C(=O)c1cc[nH]c1. The summed E-state index contributed by atoms with van der Waals surface area (Å²) in [5.74, 6) is -1.60. The maximum atomic E-state index is 10.7. The number of nitrogens with two attached hydrogens (primary N) is 1. The molecule has 0 atom stereocenters. The van der Waals surface area contributed by atoms with Gasteiger partial charge in [-0.15, -0.1) is 0 Å². The topological polar surface area (TPSA) is 76.0 Å². The third-order valence-electron chi connectivity index (χ3n) is 1.08. The van der Waals surface area contributed by atoms with Crippen molar-refractivity contribution in [2.24, 2.45) is 5.73 Å². The number of carbonyl (C=O) groups excluding carboxylic acids is 2. The van der Waals surface area contributed by atoms with Crippen molar-refractivity contribution >= 4 is 11.7 Å². The molecule has 0 unspecified atom stereocenters. The van der Waals surface area contributed by atoms with Crippen LogP contribution in [0.2, 0.25) is 0 Å². The first-order chi connectivity index (χ1) is 4.72. The molecule has 1 heterocycles. The van der Waals surface area contributed by atoms with Crippen molar-refractivity contribution in [2.45, 2.75) is 0 Å². The Morgan fingerprint density at radius 1 is 1.50 bits per heavy atom. The Balaban J connectivity index is 2.88. The van der Waals surface area contributed by atoms with E-state index in [0.29, 0.717) is 5.56 Å². The van der Waals surface area contributed by atoms with Gasteiger partial charge in [-0.2, -0.15) is 0 Å². The molecule has 0 aromatic carbocycles. The molecule has 0 bridgehead atoms. The van der Waals surface area contributed by atoms with Crippen molar-refractivity contribution in [1.82, 2.24) is 4.98 Å². The highest BCUT2D eigenvalue weighted by Crippen LogP contribution is 1.96. The van der Waals surface area contributed by atoms with Crippen molar-refractivity contribution in [1.29, 1.82) is 0 Å². The Morgan fingerprint density at radius 2 is 2.20 bits per heavy atom. The number of nitrogens with one attached hydrogen (secondary N) is 1. The zero-order valence-electron chi connectivity index (χ0n) is 5.13. The van der Waals surface area contributed by atoms with E-state index in [1.807, 2.05) is 0 Å². The molecule has 0 saturated carbocycles. The molecule has 0 aliphatic carbocycles. The lowest BCUT2D eigenvalue weighted by molar-refractivity contribution is -0.114. The third kappa shape index (κ3) is 1.05. The number of hydrogen-bond donors (Lipinski definition) is 2. The molecule has 0 aliphatic rings. The molecule has 0 aliphatic heterocycles. The first-order valence-corrected chi connectivity index (χ1v) is 2.68. The van der Waals surface area contributed by atoms with Gasteiger partial charge in [-0.1, -0.05) is 0 Å². The van der Waals surface area contributed by atoms with E-state index < -0.39 is 11.7 Å². The summed E-state index contributed by atoms with van der Waals surface area (Å²) in [4.78, 5) is 23.6. The van der Waals surface area contributed by atoms with Crippen molar-refractivity contribution < 1.29 is 9.59 Å². The van der Waals surface area contributed by atoms with Gasteiger partial charge in [0.1, 0.15) is 0 Å². The van der Waals surface area contributed by atoms with E-state index in [2.05, 4.69) is 4.98 Å². The van der Waals surface area contributed by atoms with Gasteiger partial charge in [0, 0.05) is 18.0 Å². The standard InChI is InChI=1S/C6H6N2O2/c7-6(10)5(9)4-1-2-8-3-4/h1-3,8H,(H2,7,10). The number of carbonyl (C=O) groups is 2. The van der Waals surface area contributed by atoms with Crippen LogP contribution in [0.15, 0.2) is 18.5 Å². The number of amides is 1. The van der Waals surface area contributed by atoms with Crippen molar-refractivity contribution in [3.8, 4) is 0 Å². The number of ketones is 1. The van der Waals surface area contributed by atoms with Gasteiger partial charge in [-0.05, 0) is 6.07 Å². The smallest absolute Gasteiger partial charge is 0.289 e. The first kappa shape index (κ1) is 6.54. The van der Waals surface area contributed by atoms with E-state index in [-0.39, 0.29) is 0 Å². The summed E-state index contributed by atoms with van der Waals surface area (Å²) in [6, 6.07) is 1.49. The molecule has 0 radical (unpaired) electrons. The highest BCUT2D eigenvalue weighted by Gasteiger charge is 2.10. The Kier molecular flexibility index (Phi) is 1.53. The number of aromatic amines is 1. The first-order valence-electron chi connectivity index (χ1n) is 2.68. The fraction of sp³-hybridized carbons (Fsp3) is 0. The number of Topliss-reactive ketones (excluding diaryl/α,β-unsaturated/α-hetero) is 1. The average molecular weight is 138 g/mol. The fourth-order valence-corrected chi connectivity index (χ4v) is 0.607. The number of H-pyrrole nitrogens is 1. The molecule has 0 spiro atoms. The molecule has 4 heteroatoms. The maximum absolute atomic E-state index is 10.7. The highest BCUT2D eigenvalue weighted by molar-refractivity contribution is 6.42. The van der Waals surface area contributed by atoms with Gasteiger partial charge in [0.05, 0.1) is 0 Å². The van der Waals surface area contributed by atoms with Crippen LogP contribution in [0.25, 0.3) is 0 Å². The summed E-state index contributed by atoms with van der Waals surface area (Å²) in [5, 5.41) is 0. The number of rotatable bonds is 2. The zero-order chi connectivity index (χ0) is 7.56. The summed E-state index contributed by atoms with van der Waals surface area (Å²) < 4.78 is 0. The van der Waals surface area contributed by atoms with E-state index in [0.717, 1.165) is 0 Å². The molecular formula is C6H6N2O2. The van der Waals surface area contributed by atoms with E-state index in [4.69, 9.17) is 5.73 Å². The molecule has 1 aromatic rings. The van der Waals surface area contributed by atoms with Crippen LogP contribution in [0, 0.1) is 0 Å². The Hall–Kier alpha value is -1.58. The van der Waals surface area contributed by atoms with Crippen LogP contribution in [0.3, 0.4) is 0 Å². The van der Waals surface area contributed by atoms with Crippen LogP contribution in [0.1, 0.15) is 10.4 Å². The van der Waals surface area contributed by atoms with Gasteiger partial charge in [-0.3, -0.25) is 9.59 Å². The Bertz CT molecular complexity index is 251. The molecule has 3 N–H and O–H groups in total. The van der Waals surface area contributed by atoms with Crippen LogP contribution in [-0.4, -0.2) is 16.7 Å². The molecule has 52 valence electrons. The summed E-state index contributed by atoms with van der Waals surface area (Å²) >= 11 is 0. The van der Waals surface area contributed by atoms with Gasteiger partial charge < -0.3 is 10.7 Å². The minimum absolute atomic E-state index is 0.299. The van der Waals surface area contributed by atoms with Gasteiger partial charge in [0.2, 0.25) is 0 Å². The summed E-state index contributed by atoms with van der Waals surface area (Å²) in [7, 11) is 0. The van der Waals surface area contributed by atoms with Gasteiger partial charge in [0.25, 0.3) is 11.7 Å². The minimum atomic E-state index is -0.931. The van der Waals surface area contributed by atoms with Gasteiger partial charge >= 0.3 is 0 Å². The molecule has 10 heavy (non-hydrogen) atoms. The van der Waals surface area contributed by atoms with Crippen LogP contribution in [0.5, 0.6) is 0 Å². The number of hydrogen-bond acceptors (Lipinski definition) is 2. The summed E-state index contributed by atoms with van der Waals surface area (Å²) in [6.07, 6.45) is 2.98. The van der Waals surface area contributed by atoms with Crippen molar-refractivity contribution in [3.05, 3.63) is 24.0 Å². The number of primary amides is 1.